The van der Waals surface area contributed by atoms with Gasteiger partial charge in [-0.2, -0.15) is 0 Å². The van der Waals surface area contributed by atoms with E-state index in [1.807, 2.05) is 6.08 Å². The maximum atomic E-state index is 12.9. The fourth-order valence-electron chi connectivity index (χ4n) is 3.99. The monoisotopic (exact) mass is 358 g/mol. The highest BCUT2D eigenvalue weighted by Crippen LogP contribution is 2.36. The fourth-order valence-corrected chi connectivity index (χ4v) is 4.26. The molecule has 3 nitrogen and oxygen atoms in total. The van der Waals surface area contributed by atoms with E-state index in [9.17, 15) is 4.79 Å². The summed E-state index contributed by atoms with van der Waals surface area (Å²) in [5, 5.41) is 3.84. The minimum Gasteiger partial charge on any atom is -0.371 e. The molecule has 3 rings (SSSR count). The lowest BCUT2D eigenvalue weighted by Gasteiger charge is -2.26. The molecule has 1 aliphatic heterocycles. The van der Waals surface area contributed by atoms with Gasteiger partial charge in [0, 0.05) is 35.1 Å². The topological polar surface area (TPSA) is 32.3 Å². The van der Waals surface area contributed by atoms with Gasteiger partial charge in [-0.05, 0) is 69.6 Å². The van der Waals surface area contributed by atoms with Crippen molar-refractivity contribution in [3.63, 3.8) is 0 Å². The molecule has 0 atom stereocenters. The Morgan fingerprint density at radius 3 is 2.56 bits per heavy atom. The summed E-state index contributed by atoms with van der Waals surface area (Å²) in [6, 6.07) is 2.18. The van der Waals surface area contributed by atoms with Crippen molar-refractivity contribution in [2.45, 2.75) is 52.9 Å². The minimum absolute atomic E-state index is 0.0704. The number of benzene rings is 1. The number of carbonyl (C=O) groups excluding carboxylic acids is 1. The summed E-state index contributed by atoms with van der Waals surface area (Å²) in [7, 11) is 0. The van der Waals surface area contributed by atoms with E-state index in [0.29, 0.717) is 17.0 Å². The maximum absolute atomic E-state index is 12.9. The van der Waals surface area contributed by atoms with E-state index in [4.69, 9.17) is 11.6 Å². The molecule has 25 heavy (non-hydrogen) atoms. The molecule has 0 radical (unpaired) electrons. The van der Waals surface area contributed by atoms with E-state index in [1.54, 1.807) is 0 Å². The zero-order valence-electron chi connectivity index (χ0n) is 15.4. The van der Waals surface area contributed by atoms with Gasteiger partial charge in [-0.3, -0.25) is 4.79 Å². The molecule has 1 heterocycles. The molecular weight excluding hydrogens is 332 g/mol. The van der Waals surface area contributed by atoms with Gasteiger partial charge in [-0.25, -0.2) is 0 Å². The van der Waals surface area contributed by atoms with E-state index in [1.165, 1.54) is 24.1 Å². The van der Waals surface area contributed by atoms with Crippen LogP contribution in [0.4, 0.5) is 11.4 Å². The minimum atomic E-state index is -0.0704. The Balaban J connectivity index is 1.93. The predicted octanol–water partition coefficient (Wildman–Crippen LogP) is 5.38. The highest BCUT2D eigenvalue weighted by Gasteiger charge is 2.22. The number of nitrogens with zero attached hydrogens (tertiary/aromatic N) is 1. The van der Waals surface area contributed by atoms with E-state index in [0.717, 1.165) is 42.7 Å². The zero-order chi connectivity index (χ0) is 18.0. The lowest BCUT2D eigenvalue weighted by atomic mass is 10.0. The number of allylic oxidation sites excluding steroid dienone is 3. The molecule has 1 fully saturated rings. The molecule has 1 aromatic carbocycles. The number of nitrogens with one attached hydrogen (secondary N) is 1. The Morgan fingerprint density at radius 1 is 1.12 bits per heavy atom. The first-order valence-electron chi connectivity index (χ1n) is 9.18. The second kappa shape index (κ2) is 7.65. The van der Waals surface area contributed by atoms with Crippen LogP contribution in [0.15, 0.2) is 28.8 Å². The summed E-state index contributed by atoms with van der Waals surface area (Å²) in [6.45, 7) is 8.53. The van der Waals surface area contributed by atoms with Crippen molar-refractivity contribution >= 4 is 28.9 Å². The van der Waals surface area contributed by atoms with Crippen molar-refractivity contribution in [2.24, 2.45) is 0 Å². The van der Waals surface area contributed by atoms with Crippen LogP contribution in [0.5, 0.6) is 0 Å². The number of aryl methyl sites for hydroxylation is 2. The van der Waals surface area contributed by atoms with Crippen LogP contribution >= 0.6 is 11.6 Å². The van der Waals surface area contributed by atoms with Crippen LogP contribution < -0.4 is 10.2 Å². The van der Waals surface area contributed by atoms with Crippen LogP contribution in [0, 0.1) is 20.8 Å². The van der Waals surface area contributed by atoms with Crippen molar-refractivity contribution in [3.05, 3.63) is 45.5 Å². The molecule has 2 aliphatic rings. The van der Waals surface area contributed by atoms with Crippen LogP contribution in [0.2, 0.25) is 0 Å². The normalized spacial score (nSPS) is 17.8. The van der Waals surface area contributed by atoms with Gasteiger partial charge in [0.2, 0.25) is 0 Å². The molecule has 0 bridgehead atoms. The van der Waals surface area contributed by atoms with E-state index in [-0.39, 0.29) is 5.91 Å². The molecule has 1 N–H and O–H groups in total. The smallest absolute Gasteiger partial charge is 0.253 e. The number of rotatable bonds is 3. The summed E-state index contributed by atoms with van der Waals surface area (Å²) < 4.78 is 0. The average molecular weight is 359 g/mol. The number of carbonyl (C=O) groups is 1. The van der Waals surface area contributed by atoms with Crippen molar-refractivity contribution in [1.29, 1.82) is 0 Å². The molecule has 1 aliphatic carbocycles. The SMILES string of the molecule is Cc1cc(C)c(N2CCCC2)c(C)c1NC(=O)C1=C(Cl)CCC=CC1. The number of hydrogen-bond acceptors (Lipinski definition) is 2. The summed E-state index contributed by atoms with van der Waals surface area (Å²) in [4.78, 5) is 15.3. The average Bonchev–Trinajstić information content (AvgIpc) is 2.99. The van der Waals surface area contributed by atoms with E-state index in [2.05, 4.69) is 43.1 Å². The Kier molecular flexibility index (Phi) is 5.53. The Labute approximate surface area is 155 Å². The van der Waals surface area contributed by atoms with E-state index < -0.39 is 0 Å². The maximum Gasteiger partial charge on any atom is 0.253 e. The summed E-state index contributed by atoms with van der Waals surface area (Å²) in [5.41, 5.74) is 6.45. The summed E-state index contributed by atoms with van der Waals surface area (Å²) >= 11 is 6.36. The quantitative estimate of drug-likeness (QED) is 0.735. The fraction of sp³-hybridized carbons (Fsp3) is 0.476. The third-order valence-electron chi connectivity index (χ3n) is 5.21. The van der Waals surface area contributed by atoms with Gasteiger partial charge in [0.15, 0.2) is 0 Å². The number of amides is 1. The first kappa shape index (κ1) is 18.1. The Hall–Kier alpha value is -1.74. The molecule has 134 valence electrons. The standard InChI is InChI=1S/C21H27ClN2O/c1-14-13-15(2)20(24-11-7-8-12-24)16(3)19(14)23-21(25)17-9-5-4-6-10-18(17)22/h4-5,13H,6-12H2,1-3H3,(H,23,25). The highest BCUT2D eigenvalue weighted by molar-refractivity contribution is 6.32. The number of halogens is 1. The number of hydrogen-bond donors (Lipinski definition) is 1. The molecule has 1 amide bonds. The van der Waals surface area contributed by atoms with Gasteiger partial charge in [-0.1, -0.05) is 29.8 Å². The molecule has 1 aromatic rings. The van der Waals surface area contributed by atoms with Crippen LogP contribution in [-0.4, -0.2) is 19.0 Å². The lowest BCUT2D eigenvalue weighted by Crippen LogP contribution is -2.22. The molecule has 0 aromatic heterocycles. The molecule has 0 saturated carbocycles. The second-order valence-corrected chi connectivity index (χ2v) is 7.56. The van der Waals surface area contributed by atoms with Crippen molar-refractivity contribution in [1.82, 2.24) is 0 Å². The van der Waals surface area contributed by atoms with Gasteiger partial charge in [0.25, 0.3) is 5.91 Å². The van der Waals surface area contributed by atoms with Gasteiger partial charge in [-0.15, -0.1) is 0 Å². The molecule has 0 spiro atoms. The highest BCUT2D eigenvalue weighted by atomic mass is 35.5. The molecule has 4 heteroatoms. The Morgan fingerprint density at radius 2 is 1.84 bits per heavy atom. The van der Waals surface area contributed by atoms with Crippen molar-refractivity contribution < 1.29 is 4.79 Å². The van der Waals surface area contributed by atoms with Crippen LogP contribution in [0.3, 0.4) is 0 Å². The first-order valence-corrected chi connectivity index (χ1v) is 9.56. The zero-order valence-corrected chi connectivity index (χ0v) is 16.2. The van der Waals surface area contributed by atoms with Crippen LogP contribution in [0.25, 0.3) is 0 Å². The summed E-state index contributed by atoms with van der Waals surface area (Å²) in [5.74, 6) is -0.0704. The van der Waals surface area contributed by atoms with Gasteiger partial charge in [0.05, 0.1) is 0 Å². The van der Waals surface area contributed by atoms with E-state index >= 15 is 0 Å². The third-order valence-corrected chi connectivity index (χ3v) is 5.63. The van der Waals surface area contributed by atoms with Crippen LogP contribution in [-0.2, 0) is 4.79 Å². The van der Waals surface area contributed by atoms with Gasteiger partial charge >= 0.3 is 0 Å². The van der Waals surface area contributed by atoms with Crippen molar-refractivity contribution in [2.75, 3.05) is 23.3 Å². The predicted molar refractivity (Wildman–Crippen MR) is 107 cm³/mol. The van der Waals surface area contributed by atoms with Gasteiger partial charge in [0.1, 0.15) is 0 Å². The third kappa shape index (κ3) is 3.77. The van der Waals surface area contributed by atoms with Crippen LogP contribution in [0.1, 0.15) is 48.8 Å². The second-order valence-electron chi connectivity index (χ2n) is 7.10. The molecule has 1 saturated heterocycles. The number of anilines is 2. The molecule has 0 unspecified atom stereocenters. The van der Waals surface area contributed by atoms with Gasteiger partial charge < -0.3 is 10.2 Å². The summed E-state index contributed by atoms with van der Waals surface area (Å²) in [6.07, 6.45) is 8.86. The first-order chi connectivity index (χ1) is 12.0. The Bertz CT molecular complexity index is 743. The lowest BCUT2D eigenvalue weighted by molar-refractivity contribution is -0.113. The molecular formula is C21H27ClN2O. The van der Waals surface area contributed by atoms with Crippen molar-refractivity contribution in [3.8, 4) is 0 Å². The largest absolute Gasteiger partial charge is 0.371 e.